The van der Waals surface area contributed by atoms with Crippen molar-refractivity contribution in [1.82, 2.24) is 9.78 Å². The Morgan fingerprint density at radius 1 is 1.46 bits per heavy atom. The number of alkyl halides is 3. The quantitative estimate of drug-likeness (QED) is 0.819. The van der Waals surface area contributed by atoms with Crippen molar-refractivity contribution in [3.05, 3.63) is 41.6 Å². The fourth-order valence-corrected chi connectivity index (χ4v) is 2.79. The van der Waals surface area contributed by atoms with Crippen molar-refractivity contribution in [2.24, 2.45) is 11.7 Å². The summed E-state index contributed by atoms with van der Waals surface area (Å²) >= 11 is 0. The van der Waals surface area contributed by atoms with Gasteiger partial charge in [-0.2, -0.15) is 23.5 Å². The van der Waals surface area contributed by atoms with Crippen LogP contribution in [-0.2, 0) is 6.18 Å². The smallest absolute Gasteiger partial charge is 0.365 e. The lowest BCUT2D eigenvalue weighted by Crippen LogP contribution is -2.13. The third-order valence-corrected chi connectivity index (χ3v) is 4.26. The summed E-state index contributed by atoms with van der Waals surface area (Å²) in [6.07, 6.45) is -0.872. The van der Waals surface area contributed by atoms with Gasteiger partial charge < -0.3 is 11.1 Å². The lowest BCUT2D eigenvalue weighted by molar-refractivity contribution is -0.137. The number of hydrogen-bond acceptors (Lipinski definition) is 4. The molecular weight excluding hydrogens is 347 g/mol. The maximum atomic E-state index is 12.9. The van der Waals surface area contributed by atoms with Gasteiger partial charge in [0.15, 0.2) is 5.82 Å². The van der Waals surface area contributed by atoms with Crippen LogP contribution < -0.4 is 11.1 Å². The summed E-state index contributed by atoms with van der Waals surface area (Å²) in [6, 6.07) is 6.49. The zero-order valence-corrected chi connectivity index (χ0v) is 13.6. The third kappa shape index (κ3) is 3.79. The average molecular weight is 363 g/mol. The van der Waals surface area contributed by atoms with Crippen molar-refractivity contribution >= 4 is 17.4 Å². The molecule has 1 heterocycles. The van der Waals surface area contributed by atoms with Crippen LogP contribution in [-0.4, -0.2) is 15.7 Å². The van der Waals surface area contributed by atoms with Crippen molar-refractivity contribution in [2.75, 3.05) is 5.32 Å². The lowest BCUT2D eigenvalue weighted by atomic mass is 10.1. The van der Waals surface area contributed by atoms with E-state index in [1.807, 2.05) is 0 Å². The number of hydrogen-bond donors (Lipinski definition) is 2. The third-order valence-electron chi connectivity index (χ3n) is 4.26. The van der Waals surface area contributed by atoms with Crippen molar-refractivity contribution in [1.29, 1.82) is 5.26 Å². The van der Waals surface area contributed by atoms with Crippen molar-refractivity contribution in [3.8, 4) is 6.07 Å². The summed E-state index contributed by atoms with van der Waals surface area (Å²) in [7, 11) is 0. The molecule has 0 bridgehead atoms. The number of anilines is 2. The topological polar surface area (TPSA) is 96.7 Å². The van der Waals surface area contributed by atoms with Crippen LogP contribution in [0.4, 0.5) is 24.7 Å². The Labute approximate surface area is 147 Å². The molecule has 1 unspecified atom stereocenters. The van der Waals surface area contributed by atoms with E-state index in [9.17, 15) is 18.0 Å². The molecular formula is C17H16F3N5O. The van der Waals surface area contributed by atoms with E-state index < -0.39 is 17.6 Å². The number of nitrogens with zero attached hydrogens (tertiary/aromatic N) is 3. The fraction of sp³-hybridized carbons (Fsp3) is 0.353. The number of carbonyl (C=O) groups is 1. The molecule has 1 aliphatic rings. The van der Waals surface area contributed by atoms with Gasteiger partial charge in [-0.3, -0.25) is 9.48 Å². The first-order valence-electron chi connectivity index (χ1n) is 8.00. The van der Waals surface area contributed by atoms with Gasteiger partial charge in [0.2, 0.25) is 0 Å². The monoisotopic (exact) mass is 363 g/mol. The summed E-state index contributed by atoms with van der Waals surface area (Å²) < 4.78 is 40.1. The highest BCUT2D eigenvalue weighted by atomic mass is 19.4. The Hall–Kier alpha value is -3.02. The summed E-state index contributed by atoms with van der Waals surface area (Å²) in [6.45, 7) is 0. The Morgan fingerprint density at radius 3 is 2.77 bits per heavy atom. The first kappa shape index (κ1) is 17.8. The van der Waals surface area contributed by atoms with E-state index >= 15 is 0 Å². The number of aromatic nitrogens is 2. The second-order valence-corrected chi connectivity index (χ2v) is 6.21. The van der Waals surface area contributed by atoms with Gasteiger partial charge in [-0.15, -0.1) is 0 Å². The molecule has 136 valence electrons. The number of nitrogens with one attached hydrogen (secondary N) is 1. The second-order valence-electron chi connectivity index (χ2n) is 6.21. The number of carbonyl (C=O) groups excluding carboxylic acids is 1. The Balaban J connectivity index is 1.92. The first-order chi connectivity index (χ1) is 12.3. The van der Waals surface area contributed by atoms with Crippen LogP contribution >= 0.6 is 0 Å². The minimum Gasteiger partial charge on any atom is -0.365 e. The molecule has 1 aromatic carbocycles. The summed E-state index contributed by atoms with van der Waals surface area (Å²) in [5, 5.41) is 16.0. The molecule has 0 aliphatic heterocycles. The highest BCUT2D eigenvalue weighted by molar-refractivity contribution is 5.98. The van der Waals surface area contributed by atoms with E-state index in [2.05, 4.69) is 16.5 Å². The number of halogens is 3. The van der Waals surface area contributed by atoms with Gasteiger partial charge in [-0.1, -0.05) is 6.07 Å². The van der Waals surface area contributed by atoms with Gasteiger partial charge in [0.25, 0.3) is 5.91 Å². The molecule has 1 saturated carbocycles. The number of amides is 1. The molecule has 9 heteroatoms. The van der Waals surface area contributed by atoms with E-state index in [1.54, 1.807) is 0 Å². The number of benzene rings is 1. The zero-order chi connectivity index (χ0) is 18.9. The van der Waals surface area contributed by atoms with Crippen LogP contribution in [0.15, 0.2) is 30.5 Å². The molecule has 1 aromatic heterocycles. The van der Waals surface area contributed by atoms with Gasteiger partial charge >= 0.3 is 6.18 Å². The van der Waals surface area contributed by atoms with E-state index in [0.29, 0.717) is 5.92 Å². The largest absolute Gasteiger partial charge is 0.416 e. The highest BCUT2D eigenvalue weighted by Gasteiger charge is 2.34. The molecule has 1 atom stereocenters. The predicted molar refractivity (Wildman–Crippen MR) is 87.5 cm³/mol. The van der Waals surface area contributed by atoms with E-state index in [4.69, 9.17) is 11.0 Å². The molecule has 3 rings (SSSR count). The molecule has 3 N–H and O–H groups in total. The molecule has 0 saturated heterocycles. The molecule has 2 aromatic rings. The van der Waals surface area contributed by atoms with Crippen LogP contribution in [0.1, 0.15) is 41.2 Å². The van der Waals surface area contributed by atoms with Crippen LogP contribution in [0.25, 0.3) is 0 Å². The van der Waals surface area contributed by atoms with Crippen LogP contribution in [0.5, 0.6) is 0 Å². The minimum absolute atomic E-state index is 0.0611. The molecule has 26 heavy (non-hydrogen) atoms. The SMILES string of the molecule is N#CCC(C1CC1)n1cc(C(N)=O)c(Nc2cccc(C(F)(F)F)c2)n1. The number of rotatable bonds is 6. The number of primary amides is 1. The summed E-state index contributed by atoms with van der Waals surface area (Å²) in [5.74, 6) is -0.380. The van der Waals surface area contributed by atoms with Crippen LogP contribution in [0.2, 0.25) is 0 Å². The van der Waals surface area contributed by atoms with Crippen molar-refractivity contribution in [2.45, 2.75) is 31.5 Å². The van der Waals surface area contributed by atoms with Crippen LogP contribution in [0, 0.1) is 17.2 Å². The van der Waals surface area contributed by atoms with E-state index in [0.717, 1.165) is 25.0 Å². The number of nitrogens with two attached hydrogens (primary N) is 1. The number of nitriles is 1. The molecule has 1 amide bonds. The fourth-order valence-electron chi connectivity index (χ4n) is 2.79. The minimum atomic E-state index is -4.48. The van der Waals surface area contributed by atoms with E-state index in [-0.39, 0.29) is 29.5 Å². The summed E-state index contributed by atoms with van der Waals surface area (Å²) in [4.78, 5) is 11.7. The Morgan fingerprint density at radius 2 is 2.19 bits per heavy atom. The van der Waals surface area contributed by atoms with Crippen molar-refractivity contribution in [3.63, 3.8) is 0 Å². The van der Waals surface area contributed by atoms with Crippen LogP contribution in [0.3, 0.4) is 0 Å². The molecule has 0 spiro atoms. The molecule has 1 aliphatic carbocycles. The standard InChI is InChI=1S/C17H16F3N5O/c18-17(19,20)11-2-1-3-12(8-11)23-16-13(15(22)26)9-25(24-16)14(6-7-21)10-4-5-10/h1-3,8-10,14H,4-6H2,(H2,22,26)(H,23,24). The summed E-state index contributed by atoms with van der Waals surface area (Å²) in [5.41, 5.74) is 4.75. The highest BCUT2D eigenvalue weighted by Crippen LogP contribution is 2.41. The zero-order valence-electron chi connectivity index (χ0n) is 13.6. The van der Waals surface area contributed by atoms with Gasteiger partial charge in [-0.05, 0) is 37.0 Å². The van der Waals surface area contributed by atoms with Crippen molar-refractivity contribution < 1.29 is 18.0 Å². The van der Waals surface area contributed by atoms with Gasteiger partial charge in [0.05, 0.1) is 24.1 Å². The molecule has 0 radical (unpaired) electrons. The normalized spacial score (nSPS) is 15.3. The molecule has 1 fully saturated rings. The Bertz CT molecular complexity index is 864. The predicted octanol–water partition coefficient (Wildman–Crippen LogP) is 3.61. The second kappa shape index (κ2) is 6.71. The lowest BCUT2D eigenvalue weighted by Gasteiger charge is -2.13. The maximum absolute atomic E-state index is 12.9. The van der Waals surface area contributed by atoms with Gasteiger partial charge in [0, 0.05) is 11.9 Å². The van der Waals surface area contributed by atoms with E-state index in [1.165, 1.54) is 23.0 Å². The Kier molecular flexibility index (Phi) is 4.59. The maximum Gasteiger partial charge on any atom is 0.416 e. The first-order valence-corrected chi connectivity index (χ1v) is 8.00. The average Bonchev–Trinajstić information content (AvgIpc) is 3.32. The molecule has 6 nitrogen and oxygen atoms in total. The van der Waals surface area contributed by atoms with Gasteiger partial charge in [-0.25, -0.2) is 0 Å². The van der Waals surface area contributed by atoms with Gasteiger partial charge in [0.1, 0.15) is 5.56 Å².